The molecule has 0 amide bonds. The van der Waals surface area contributed by atoms with E-state index in [0.717, 1.165) is 16.3 Å². The Hall–Kier alpha value is -1.15. The SMILES string of the molecule is CCOP(=O)(OCC)[C@H](C)c1cccc2ccccc12. The maximum atomic E-state index is 12.9. The lowest BCUT2D eigenvalue weighted by Gasteiger charge is -2.24. The Kier molecular flexibility index (Phi) is 4.98. The Labute approximate surface area is 120 Å². The first-order valence-electron chi connectivity index (χ1n) is 6.98. The van der Waals surface area contributed by atoms with Crippen LogP contribution in [0.25, 0.3) is 10.8 Å². The molecule has 0 aliphatic carbocycles. The lowest BCUT2D eigenvalue weighted by atomic mass is 10.0. The summed E-state index contributed by atoms with van der Waals surface area (Å²) in [7, 11) is -3.14. The van der Waals surface area contributed by atoms with Crippen molar-refractivity contribution in [1.29, 1.82) is 0 Å². The molecule has 0 fully saturated rings. The highest BCUT2D eigenvalue weighted by atomic mass is 31.2. The molecular weight excluding hydrogens is 271 g/mol. The van der Waals surface area contributed by atoms with Crippen LogP contribution in [0.1, 0.15) is 32.0 Å². The molecule has 4 heteroatoms. The molecule has 0 aromatic heterocycles. The zero-order chi connectivity index (χ0) is 14.6. The van der Waals surface area contributed by atoms with Gasteiger partial charge in [0.1, 0.15) is 0 Å². The first kappa shape index (κ1) is 15.2. The van der Waals surface area contributed by atoms with Crippen molar-refractivity contribution >= 4 is 18.4 Å². The molecule has 0 saturated carbocycles. The molecule has 2 rings (SSSR count). The molecule has 0 aliphatic rings. The van der Waals surface area contributed by atoms with E-state index in [1.165, 1.54) is 0 Å². The Morgan fingerprint density at radius 3 is 2.25 bits per heavy atom. The maximum absolute atomic E-state index is 12.9. The second-order valence-electron chi connectivity index (χ2n) is 4.62. The number of hydrogen-bond acceptors (Lipinski definition) is 3. The lowest BCUT2D eigenvalue weighted by Crippen LogP contribution is -2.04. The van der Waals surface area contributed by atoms with Gasteiger partial charge in [-0.05, 0) is 37.1 Å². The molecule has 2 aromatic carbocycles. The summed E-state index contributed by atoms with van der Waals surface area (Å²) in [5.74, 6) is 0. The lowest BCUT2D eigenvalue weighted by molar-refractivity contribution is 0.213. The van der Waals surface area contributed by atoms with Crippen LogP contribution in [-0.2, 0) is 13.6 Å². The normalized spacial score (nSPS) is 13.6. The molecule has 0 spiro atoms. The molecule has 0 unspecified atom stereocenters. The van der Waals surface area contributed by atoms with E-state index in [1.807, 2.05) is 51.1 Å². The molecule has 0 N–H and O–H groups in total. The highest BCUT2D eigenvalue weighted by Crippen LogP contribution is 2.61. The smallest absolute Gasteiger partial charge is 0.308 e. The van der Waals surface area contributed by atoms with Crippen LogP contribution in [0.4, 0.5) is 0 Å². The van der Waals surface area contributed by atoms with Crippen LogP contribution in [0.5, 0.6) is 0 Å². The van der Waals surface area contributed by atoms with E-state index >= 15 is 0 Å². The van der Waals surface area contributed by atoms with Gasteiger partial charge in [-0.1, -0.05) is 42.5 Å². The van der Waals surface area contributed by atoms with Gasteiger partial charge in [0.25, 0.3) is 0 Å². The first-order chi connectivity index (χ1) is 9.62. The minimum absolute atomic E-state index is 0.284. The predicted molar refractivity (Wildman–Crippen MR) is 83.2 cm³/mol. The van der Waals surface area contributed by atoms with Gasteiger partial charge in [-0.2, -0.15) is 0 Å². The number of benzene rings is 2. The van der Waals surface area contributed by atoms with E-state index in [4.69, 9.17) is 9.05 Å². The molecule has 20 heavy (non-hydrogen) atoms. The summed E-state index contributed by atoms with van der Waals surface area (Å²) in [6.45, 7) is 6.34. The van der Waals surface area contributed by atoms with Crippen molar-refractivity contribution in [3.63, 3.8) is 0 Å². The molecule has 0 radical (unpaired) electrons. The molecule has 1 atom stereocenters. The van der Waals surface area contributed by atoms with Crippen molar-refractivity contribution in [1.82, 2.24) is 0 Å². The van der Waals surface area contributed by atoms with E-state index in [1.54, 1.807) is 0 Å². The van der Waals surface area contributed by atoms with Crippen molar-refractivity contribution in [3.8, 4) is 0 Å². The molecule has 0 saturated heterocycles. The molecule has 108 valence electrons. The van der Waals surface area contributed by atoms with Crippen LogP contribution in [0.3, 0.4) is 0 Å². The van der Waals surface area contributed by atoms with E-state index in [2.05, 4.69) is 12.1 Å². The van der Waals surface area contributed by atoms with Gasteiger partial charge in [-0.25, -0.2) is 0 Å². The Morgan fingerprint density at radius 1 is 1.00 bits per heavy atom. The Morgan fingerprint density at radius 2 is 1.60 bits per heavy atom. The van der Waals surface area contributed by atoms with Crippen molar-refractivity contribution in [2.24, 2.45) is 0 Å². The summed E-state index contributed by atoms with van der Waals surface area (Å²) in [4.78, 5) is 0. The van der Waals surface area contributed by atoms with Crippen molar-refractivity contribution < 1.29 is 13.6 Å². The zero-order valence-corrected chi connectivity index (χ0v) is 13.1. The third-order valence-corrected chi connectivity index (χ3v) is 5.83. The summed E-state index contributed by atoms with van der Waals surface area (Å²) in [6.07, 6.45) is 0. The van der Waals surface area contributed by atoms with Gasteiger partial charge in [0.05, 0.1) is 18.9 Å². The van der Waals surface area contributed by atoms with Crippen LogP contribution in [0.2, 0.25) is 0 Å². The van der Waals surface area contributed by atoms with Gasteiger partial charge >= 0.3 is 7.60 Å². The highest BCUT2D eigenvalue weighted by Gasteiger charge is 2.33. The minimum Gasteiger partial charge on any atom is -0.308 e. The van der Waals surface area contributed by atoms with Gasteiger partial charge in [-0.15, -0.1) is 0 Å². The molecular formula is C16H21O3P. The molecule has 0 heterocycles. The van der Waals surface area contributed by atoms with E-state index in [-0.39, 0.29) is 5.66 Å². The summed E-state index contributed by atoms with van der Waals surface area (Å²) in [5, 5.41) is 2.23. The van der Waals surface area contributed by atoms with Crippen LogP contribution < -0.4 is 0 Å². The topological polar surface area (TPSA) is 35.5 Å². The molecule has 3 nitrogen and oxygen atoms in total. The van der Waals surface area contributed by atoms with Crippen molar-refractivity contribution in [3.05, 3.63) is 48.0 Å². The second kappa shape index (κ2) is 6.53. The zero-order valence-electron chi connectivity index (χ0n) is 12.2. The van der Waals surface area contributed by atoms with Crippen molar-refractivity contribution in [2.75, 3.05) is 13.2 Å². The summed E-state index contributed by atoms with van der Waals surface area (Å²) < 4.78 is 23.8. The Balaban J connectivity index is 2.49. The molecule has 0 bridgehead atoms. The van der Waals surface area contributed by atoms with Crippen LogP contribution in [0, 0.1) is 0 Å². The van der Waals surface area contributed by atoms with E-state index in [9.17, 15) is 4.57 Å². The summed E-state index contributed by atoms with van der Waals surface area (Å²) in [6, 6.07) is 14.1. The van der Waals surface area contributed by atoms with Crippen LogP contribution in [0.15, 0.2) is 42.5 Å². The largest absolute Gasteiger partial charge is 0.337 e. The first-order valence-corrected chi connectivity index (χ1v) is 8.60. The third kappa shape index (κ3) is 2.95. The highest BCUT2D eigenvalue weighted by molar-refractivity contribution is 7.54. The second-order valence-corrected chi connectivity index (χ2v) is 6.99. The monoisotopic (exact) mass is 292 g/mol. The maximum Gasteiger partial charge on any atom is 0.337 e. The fourth-order valence-corrected chi connectivity index (χ4v) is 4.21. The van der Waals surface area contributed by atoms with E-state index < -0.39 is 7.60 Å². The standard InChI is InChI=1S/C16H21O3P/c1-4-18-20(17,19-5-2)13(3)15-12-8-10-14-9-6-7-11-16(14)15/h6-13H,4-5H2,1-3H3/t13-/m1/s1. The van der Waals surface area contributed by atoms with Gasteiger partial charge in [0, 0.05) is 0 Å². The van der Waals surface area contributed by atoms with Crippen LogP contribution in [-0.4, -0.2) is 13.2 Å². The average molecular weight is 292 g/mol. The fraction of sp³-hybridized carbons (Fsp3) is 0.375. The van der Waals surface area contributed by atoms with E-state index in [0.29, 0.717) is 13.2 Å². The van der Waals surface area contributed by atoms with Crippen molar-refractivity contribution in [2.45, 2.75) is 26.4 Å². The quantitative estimate of drug-likeness (QED) is 0.689. The average Bonchev–Trinajstić information content (AvgIpc) is 2.46. The summed E-state index contributed by atoms with van der Waals surface area (Å²) in [5.41, 5.74) is 0.724. The summed E-state index contributed by atoms with van der Waals surface area (Å²) >= 11 is 0. The van der Waals surface area contributed by atoms with Gasteiger partial charge < -0.3 is 9.05 Å². The van der Waals surface area contributed by atoms with Gasteiger partial charge in [-0.3, -0.25) is 4.57 Å². The van der Waals surface area contributed by atoms with Gasteiger partial charge in [0.2, 0.25) is 0 Å². The minimum atomic E-state index is -3.14. The fourth-order valence-electron chi connectivity index (χ4n) is 2.41. The number of hydrogen-bond donors (Lipinski definition) is 0. The van der Waals surface area contributed by atoms with Gasteiger partial charge in [0.15, 0.2) is 0 Å². The number of fused-ring (bicyclic) bond motifs is 1. The third-order valence-electron chi connectivity index (χ3n) is 3.37. The molecule has 2 aromatic rings. The number of rotatable bonds is 6. The Bertz CT molecular complexity index is 609. The molecule has 0 aliphatic heterocycles. The van der Waals surface area contributed by atoms with Crippen LogP contribution >= 0.6 is 7.60 Å². The predicted octanol–water partition coefficient (Wildman–Crippen LogP) is 5.17.